The van der Waals surface area contributed by atoms with Crippen molar-refractivity contribution < 1.29 is 5.11 Å². The van der Waals surface area contributed by atoms with Crippen LogP contribution in [0.4, 0.5) is 5.82 Å². The maximum atomic E-state index is 9.77. The molecule has 3 N–H and O–H groups in total. The number of H-pyrrole nitrogens is 1. The number of anilines is 1. The number of pyridine rings is 1. The fourth-order valence-electron chi connectivity index (χ4n) is 3.39. The molecule has 0 amide bonds. The first kappa shape index (κ1) is 15.7. The predicted octanol–water partition coefficient (Wildman–Crippen LogP) is 3.94. The summed E-state index contributed by atoms with van der Waals surface area (Å²) in [6.07, 6.45) is 2.89. The van der Waals surface area contributed by atoms with E-state index < -0.39 is 0 Å². The second-order valence-electron chi connectivity index (χ2n) is 6.68. The summed E-state index contributed by atoms with van der Waals surface area (Å²) in [7, 11) is 4.17. The number of aromatic nitrogens is 2. The molecule has 128 valence electrons. The van der Waals surface area contributed by atoms with Gasteiger partial charge in [0.25, 0.3) is 0 Å². The van der Waals surface area contributed by atoms with Crippen molar-refractivity contribution in [2.24, 2.45) is 0 Å². The number of phenols is 1. The molecule has 0 radical (unpaired) electrons. The highest BCUT2D eigenvalue weighted by Gasteiger charge is 2.13. The van der Waals surface area contributed by atoms with Crippen molar-refractivity contribution in [1.82, 2.24) is 14.9 Å². The smallest absolute Gasteiger partial charge is 0.136 e. The minimum atomic E-state index is 0.284. The van der Waals surface area contributed by atoms with E-state index in [0.29, 0.717) is 0 Å². The molecule has 2 aromatic carbocycles. The Morgan fingerprint density at radius 1 is 1.08 bits per heavy atom. The lowest BCUT2D eigenvalue weighted by Gasteiger charge is -2.11. The molecule has 5 nitrogen and oxygen atoms in total. The standard InChI is InChI=1S/C20H22N4O/c1-24(2)11-3-9-21-20-19-17(8-10-22-20)23-16-7-4-13-12-14(25)5-6-15(13)18(16)19/h4-8,10,12,23,25H,3,9,11H2,1-2H3,(H,21,22). The summed E-state index contributed by atoms with van der Waals surface area (Å²) in [4.78, 5) is 10.2. The molecular formula is C20H22N4O. The SMILES string of the molecule is CN(C)CCCNc1nccc2[nH]c3ccc4cc(O)ccc4c3c12. The van der Waals surface area contributed by atoms with Gasteiger partial charge in [-0.25, -0.2) is 4.98 Å². The van der Waals surface area contributed by atoms with Gasteiger partial charge in [0, 0.05) is 23.6 Å². The molecule has 0 saturated carbocycles. The number of aromatic hydroxyl groups is 1. The maximum absolute atomic E-state index is 9.77. The Morgan fingerprint density at radius 2 is 1.92 bits per heavy atom. The van der Waals surface area contributed by atoms with Crippen LogP contribution in [0, 0.1) is 0 Å². The topological polar surface area (TPSA) is 64.2 Å². The second kappa shape index (κ2) is 6.26. The van der Waals surface area contributed by atoms with Crippen molar-refractivity contribution in [2.45, 2.75) is 6.42 Å². The average Bonchev–Trinajstić information content (AvgIpc) is 2.98. The van der Waals surface area contributed by atoms with Crippen LogP contribution < -0.4 is 5.32 Å². The van der Waals surface area contributed by atoms with Gasteiger partial charge in [-0.2, -0.15) is 0 Å². The first-order chi connectivity index (χ1) is 12.1. The summed E-state index contributed by atoms with van der Waals surface area (Å²) in [5.74, 6) is 1.19. The summed E-state index contributed by atoms with van der Waals surface area (Å²) in [5.41, 5.74) is 2.15. The van der Waals surface area contributed by atoms with Crippen LogP contribution in [0.25, 0.3) is 32.6 Å². The van der Waals surface area contributed by atoms with Crippen LogP contribution in [0.1, 0.15) is 6.42 Å². The molecule has 0 aliphatic carbocycles. The Kier molecular flexibility index (Phi) is 3.93. The molecule has 0 bridgehead atoms. The number of aromatic amines is 1. The van der Waals surface area contributed by atoms with Gasteiger partial charge < -0.3 is 20.3 Å². The zero-order valence-corrected chi connectivity index (χ0v) is 14.5. The fourth-order valence-corrected chi connectivity index (χ4v) is 3.39. The summed E-state index contributed by atoms with van der Waals surface area (Å²) < 4.78 is 0. The summed E-state index contributed by atoms with van der Waals surface area (Å²) in [5, 5.41) is 17.7. The van der Waals surface area contributed by atoms with E-state index in [1.54, 1.807) is 12.1 Å². The lowest BCUT2D eigenvalue weighted by molar-refractivity contribution is 0.405. The van der Waals surface area contributed by atoms with Crippen LogP contribution in [0.15, 0.2) is 42.6 Å². The van der Waals surface area contributed by atoms with Crippen molar-refractivity contribution in [3.63, 3.8) is 0 Å². The summed E-state index contributed by atoms with van der Waals surface area (Å²) in [6.45, 7) is 1.92. The Hall–Kier alpha value is -2.79. The number of phenolic OH excluding ortho intramolecular Hbond substituents is 1. The summed E-state index contributed by atoms with van der Waals surface area (Å²) >= 11 is 0. The molecule has 5 heteroatoms. The third kappa shape index (κ3) is 2.87. The van der Waals surface area contributed by atoms with Gasteiger partial charge in [-0.3, -0.25) is 0 Å². The van der Waals surface area contributed by atoms with Gasteiger partial charge in [0.1, 0.15) is 11.6 Å². The van der Waals surface area contributed by atoms with E-state index >= 15 is 0 Å². The minimum Gasteiger partial charge on any atom is -0.508 e. The largest absolute Gasteiger partial charge is 0.508 e. The number of fused-ring (bicyclic) bond motifs is 5. The molecule has 25 heavy (non-hydrogen) atoms. The van der Waals surface area contributed by atoms with E-state index in [4.69, 9.17) is 0 Å². The van der Waals surface area contributed by atoms with Crippen LogP contribution in [0.5, 0.6) is 5.75 Å². The van der Waals surface area contributed by atoms with E-state index in [0.717, 1.165) is 57.9 Å². The van der Waals surface area contributed by atoms with Gasteiger partial charge in [0.15, 0.2) is 0 Å². The average molecular weight is 334 g/mol. The van der Waals surface area contributed by atoms with Crippen molar-refractivity contribution in [3.8, 4) is 5.75 Å². The van der Waals surface area contributed by atoms with E-state index in [-0.39, 0.29) is 5.75 Å². The van der Waals surface area contributed by atoms with Crippen LogP contribution in [-0.4, -0.2) is 47.2 Å². The second-order valence-corrected chi connectivity index (χ2v) is 6.68. The normalized spacial score (nSPS) is 11.8. The Labute approximate surface area is 146 Å². The zero-order valence-electron chi connectivity index (χ0n) is 14.5. The van der Waals surface area contributed by atoms with E-state index in [1.807, 2.05) is 24.4 Å². The van der Waals surface area contributed by atoms with Gasteiger partial charge in [0.05, 0.1) is 10.9 Å². The van der Waals surface area contributed by atoms with Crippen molar-refractivity contribution in [2.75, 3.05) is 32.5 Å². The molecule has 0 spiro atoms. The number of hydrogen-bond donors (Lipinski definition) is 3. The fraction of sp³-hybridized carbons (Fsp3) is 0.250. The lowest BCUT2D eigenvalue weighted by Crippen LogP contribution is -2.16. The molecular weight excluding hydrogens is 312 g/mol. The van der Waals surface area contributed by atoms with Crippen molar-refractivity contribution in [3.05, 3.63) is 42.6 Å². The van der Waals surface area contributed by atoms with Crippen molar-refractivity contribution in [1.29, 1.82) is 0 Å². The molecule has 4 rings (SSSR count). The Morgan fingerprint density at radius 3 is 2.76 bits per heavy atom. The van der Waals surface area contributed by atoms with Gasteiger partial charge in [-0.05, 0) is 62.1 Å². The van der Waals surface area contributed by atoms with Gasteiger partial charge in [0.2, 0.25) is 0 Å². The third-order valence-corrected chi connectivity index (χ3v) is 4.55. The van der Waals surface area contributed by atoms with E-state index in [9.17, 15) is 5.11 Å². The third-order valence-electron chi connectivity index (χ3n) is 4.55. The Balaban J connectivity index is 1.85. The molecule has 4 aromatic rings. The molecule has 0 aliphatic rings. The molecule has 2 heterocycles. The maximum Gasteiger partial charge on any atom is 0.136 e. The van der Waals surface area contributed by atoms with E-state index in [2.05, 4.69) is 40.3 Å². The highest BCUT2D eigenvalue weighted by atomic mass is 16.3. The van der Waals surface area contributed by atoms with Crippen LogP contribution in [0.3, 0.4) is 0 Å². The molecule has 0 aliphatic heterocycles. The van der Waals surface area contributed by atoms with Crippen LogP contribution in [-0.2, 0) is 0 Å². The molecule has 0 saturated heterocycles. The monoisotopic (exact) mass is 334 g/mol. The highest BCUT2D eigenvalue weighted by Crippen LogP contribution is 2.36. The highest BCUT2D eigenvalue weighted by molar-refractivity contribution is 6.23. The Bertz CT molecular complexity index is 1050. The summed E-state index contributed by atoms with van der Waals surface area (Å²) in [6, 6.07) is 11.6. The first-order valence-electron chi connectivity index (χ1n) is 8.54. The van der Waals surface area contributed by atoms with Gasteiger partial charge >= 0.3 is 0 Å². The number of benzene rings is 2. The quantitative estimate of drug-likeness (QED) is 0.484. The lowest BCUT2D eigenvalue weighted by atomic mass is 10.0. The van der Waals surface area contributed by atoms with Crippen LogP contribution in [0.2, 0.25) is 0 Å². The number of nitrogens with one attached hydrogen (secondary N) is 2. The van der Waals surface area contributed by atoms with Gasteiger partial charge in [-0.1, -0.05) is 12.1 Å². The minimum absolute atomic E-state index is 0.284. The van der Waals surface area contributed by atoms with Crippen LogP contribution >= 0.6 is 0 Å². The predicted molar refractivity (Wildman–Crippen MR) is 104 cm³/mol. The number of nitrogens with zero attached hydrogens (tertiary/aromatic N) is 2. The molecule has 2 aromatic heterocycles. The number of rotatable bonds is 5. The van der Waals surface area contributed by atoms with E-state index in [1.165, 1.54) is 0 Å². The first-order valence-corrected chi connectivity index (χ1v) is 8.54. The van der Waals surface area contributed by atoms with Crippen molar-refractivity contribution >= 4 is 38.4 Å². The number of hydrogen-bond acceptors (Lipinski definition) is 4. The molecule has 0 unspecified atom stereocenters. The molecule has 0 fully saturated rings. The van der Waals surface area contributed by atoms with Gasteiger partial charge in [-0.15, -0.1) is 0 Å². The molecule has 0 atom stereocenters. The zero-order chi connectivity index (χ0) is 17.4.